The zero-order chi connectivity index (χ0) is 25.9. The Hall–Kier alpha value is -4.05. The summed E-state index contributed by atoms with van der Waals surface area (Å²) in [4.78, 5) is 30.9. The summed E-state index contributed by atoms with van der Waals surface area (Å²) in [6, 6.07) is 14.1. The average Bonchev–Trinajstić information content (AvgIpc) is 3.39. The molecule has 1 aliphatic heterocycles. The Labute approximate surface area is 210 Å². The first-order valence-electron chi connectivity index (χ1n) is 12.0. The highest BCUT2D eigenvalue weighted by molar-refractivity contribution is 5.83. The van der Waals surface area contributed by atoms with Gasteiger partial charge < -0.3 is 18.8 Å². The van der Waals surface area contributed by atoms with Crippen LogP contribution in [0.25, 0.3) is 27.8 Å². The van der Waals surface area contributed by atoms with Crippen LogP contribution < -0.4 is 20.6 Å². The predicted octanol–water partition coefficient (Wildman–Crippen LogP) is 4.25. The van der Waals surface area contributed by atoms with Gasteiger partial charge in [0.2, 0.25) is 5.88 Å². The van der Waals surface area contributed by atoms with E-state index < -0.39 is 6.61 Å². The summed E-state index contributed by atoms with van der Waals surface area (Å²) in [6.45, 7) is 1.04. The lowest BCUT2D eigenvalue weighted by molar-refractivity contribution is -0.0498. The lowest BCUT2D eigenvalue weighted by Gasteiger charge is -2.15. The van der Waals surface area contributed by atoms with Crippen LogP contribution in [0.5, 0.6) is 11.6 Å². The monoisotopic (exact) mass is 509 g/mol. The molecule has 37 heavy (non-hydrogen) atoms. The summed E-state index contributed by atoms with van der Waals surface area (Å²) in [5.41, 5.74) is 1.16. The molecular weight excluding hydrogens is 484 g/mol. The van der Waals surface area contributed by atoms with Gasteiger partial charge in [-0.05, 0) is 55.8 Å². The van der Waals surface area contributed by atoms with Crippen molar-refractivity contribution < 1.29 is 23.0 Å². The maximum atomic E-state index is 13.9. The SMILES string of the molecule is CCOc1ccc2cc(-c3ccc(=O)n(CC4CCOC4)c3)c(=O)n(-c3ccc(OC(F)F)cc3)c2n1. The summed E-state index contributed by atoms with van der Waals surface area (Å²) in [5.74, 6) is 0.551. The number of alkyl halides is 2. The molecule has 1 fully saturated rings. The van der Waals surface area contributed by atoms with Crippen molar-refractivity contribution in [2.45, 2.75) is 26.5 Å². The van der Waals surface area contributed by atoms with Crippen LogP contribution in [0.1, 0.15) is 13.3 Å². The fourth-order valence-corrected chi connectivity index (χ4v) is 4.46. The number of benzene rings is 1. The molecule has 8 nitrogen and oxygen atoms in total. The summed E-state index contributed by atoms with van der Waals surface area (Å²) in [6.07, 6.45) is 2.56. The molecule has 1 aromatic carbocycles. The predicted molar refractivity (Wildman–Crippen MR) is 134 cm³/mol. The molecule has 1 atom stereocenters. The van der Waals surface area contributed by atoms with E-state index in [1.165, 1.54) is 34.9 Å². The molecule has 0 aliphatic carbocycles. The molecule has 0 N–H and O–H groups in total. The second kappa shape index (κ2) is 10.5. The molecule has 192 valence electrons. The summed E-state index contributed by atoms with van der Waals surface area (Å²) in [5, 5.41) is 0.660. The molecule has 0 amide bonds. The third-order valence-corrected chi connectivity index (χ3v) is 6.21. The summed E-state index contributed by atoms with van der Waals surface area (Å²) < 4.78 is 43.7. The molecule has 0 saturated carbocycles. The van der Waals surface area contributed by atoms with Crippen molar-refractivity contribution in [2.24, 2.45) is 5.92 Å². The molecule has 1 unspecified atom stereocenters. The van der Waals surface area contributed by atoms with Crippen LogP contribution in [-0.2, 0) is 11.3 Å². The van der Waals surface area contributed by atoms with Crippen LogP contribution in [0.15, 0.2) is 70.4 Å². The molecule has 1 aliphatic rings. The average molecular weight is 510 g/mol. The van der Waals surface area contributed by atoms with Gasteiger partial charge in [-0.2, -0.15) is 13.8 Å². The molecule has 4 heterocycles. The number of pyridine rings is 3. The Bertz CT molecular complexity index is 1530. The van der Waals surface area contributed by atoms with Gasteiger partial charge in [0.25, 0.3) is 11.1 Å². The third-order valence-electron chi connectivity index (χ3n) is 6.21. The lowest BCUT2D eigenvalue weighted by Crippen LogP contribution is -2.25. The minimum Gasteiger partial charge on any atom is -0.478 e. The number of fused-ring (bicyclic) bond motifs is 1. The van der Waals surface area contributed by atoms with Gasteiger partial charge in [-0.25, -0.2) is 0 Å². The van der Waals surface area contributed by atoms with Gasteiger partial charge in [0.05, 0.1) is 18.9 Å². The van der Waals surface area contributed by atoms with E-state index in [-0.39, 0.29) is 22.8 Å². The molecule has 5 rings (SSSR count). The van der Waals surface area contributed by atoms with E-state index in [1.807, 2.05) is 6.92 Å². The van der Waals surface area contributed by atoms with Gasteiger partial charge in [-0.15, -0.1) is 0 Å². The topological polar surface area (TPSA) is 84.6 Å². The van der Waals surface area contributed by atoms with Crippen molar-refractivity contribution in [1.82, 2.24) is 14.1 Å². The van der Waals surface area contributed by atoms with Crippen LogP contribution in [0.2, 0.25) is 0 Å². The zero-order valence-corrected chi connectivity index (χ0v) is 20.1. The Morgan fingerprint density at radius 1 is 1.11 bits per heavy atom. The molecule has 4 aromatic rings. The van der Waals surface area contributed by atoms with Gasteiger partial charge in [0, 0.05) is 53.9 Å². The third kappa shape index (κ3) is 5.24. The standard InChI is InChI=1S/C27H25F2N3O5/c1-2-36-23-9-3-18-13-22(19-4-10-24(33)31(15-19)14-17-11-12-35-16-17)26(34)32(25(18)30-23)20-5-7-21(8-6-20)37-27(28)29/h3-10,13,15,17,27H,2,11-12,14,16H2,1H3. The van der Waals surface area contributed by atoms with Gasteiger partial charge in [-0.1, -0.05) is 0 Å². The number of rotatable bonds is 8. The fourth-order valence-electron chi connectivity index (χ4n) is 4.46. The highest BCUT2D eigenvalue weighted by Crippen LogP contribution is 2.26. The van der Waals surface area contributed by atoms with Gasteiger partial charge in [0.15, 0.2) is 5.65 Å². The van der Waals surface area contributed by atoms with Crippen molar-refractivity contribution in [1.29, 1.82) is 0 Å². The van der Waals surface area contributed by atoms with E-state index in [0.29, 0.717) is 60.1 Å². The van der Waals surface area contributed by atoms with E-state index in [9.17, 15) is 18.4 Å². The van der Waals surface area contributed by atoms with Crippen molar-refractivity contribution in [2.75, 3.05) is 19.8 Å². The summed E-state index contributed by atoms with van der Waals surface area (Å²) >= 11 is 0. The Morgan fingerprint density at radius 2 is 1.92 bits per heavy atom. The van der Waals surface area contributed by atoms with E-state index in [1.54, 1.807) is 35.0 Å². The minimum absolute atomic E-state index is 0.0295. The van der Waals surface area contributed by atoms with E-state index in [2.05, 4.69) is 9.72 Å². The van der Waals surface area contributed by atoms with Crippen LogP contribution in [0.3, 0.4) is 0 Å². The van der Waals surface area contributed by atoms with Crippen molar-refractivity contribution in [3.05, 3.63) is 81.5 Å². The summed E-state index contributed by atoms with van der Waals surface area (Å²) in [7, 11) is 0. The van der Waals surface area contributed by atoms with Crippen molar-refractivity contribution in [3.63, 3.8) is 0 Å². The fraction of sp³-hybridized carbons (Fsp3) is 0.296. The van der Waals surface area contributed by atoms with Crippen LogP contribution >= 0.6 is 0 Å². The van der Waals surface area contributed by atoms with Gasteiger partial charge in [0.1, 0.15) is 5.75 Å². The number of halogens is 2. The van der Waals surface area contributed by atoms with E-state index in [0.717, 1.165) is 6.42 Å². The Balaban J connectivity index is 1.66. The van der Waals surface area contributed by atoms with Crippen molar-refractivity contribution >= 4 is 11.0 Å². The van der Waals surface area contributed by atoms with Crippen LogP contribution in [-0.4, -0.2) is 40.6 Å². The molecule has 10 heteroatoms. The first-order chi connectivity index (χ1) is 17.9. The largest absolute Gasteiger partial charge is 0.478 e. The Morgan fingerprint density at radius 3 is 2.62 bits per heavy atom. The molecule has 3 aromatic heterocycles. The minimum atomic E-state index is -2.96. The first kappa shape index (κ1) is 24.6. The van der Waals surface area contributed by atoms with E-state index >= 15 is 0 Å². The molecule has 0 radical (unpaired) electrons. The molecule has 0 spiro atoms. The Kier molecular flexibility index (Phi) is 7.00. The van der Waals surface area contributed by atoms with Crippen LogP contribution in [0, 0.1) is 5.92 Å². The van der Waals surface area contributed by atoms with Crippen LogP contribution in [0.4, 0.5) is 8.78 Å². The number of ether oxygens (including phenoxy) is 3. The highest BCUT2D eigenvalue weighted by atomic mass is 19.3. The van der Waals surface area contributed by atoms with E-state index in [4.69, 9.17) is 9.47 Å². The lowest BCUT2D eigenvalue weighted by atomic mass is 10.1. The number of nitrogens with zero attached hydrogens (tertiary/aromatic N) is 3. The van der Waals surface area contributed by atoms with Gasteiger partial charge >= 0.3 is 6.61 Å². The first-order valence-corrected chi connectivity index (χ1v) is 12.0. The van der Waals surface area contributed by atoms with Gasteiger partial charge in [-0.3, -0.25) is 14.2 Å². The highest BCUT2D eigenvalue weighted by Gasteiger charge is 2.19. The smallest absolute Gasteiger partial charge is 0.387 e. The normalized spacial score (nSPS) is 15.4. The molecular formula is C27H25F2N3O5. The van der Waals surface area contributed by atoms with Crippen molar-refractivity contribution in [3.8, 4) is 28.4 Å². The molecule has 0 bridgehead atoms. The number of hydrogen-bond donors (Lipinski definition) is 0. The second-order valence-electron chi connectivity index (χ2n) is 8.70. The zero-order valence-electron chi connectivity index (χ0n) is 20.1. The maximum absolute atomic E-state index is 13.9. The number of hydrogen-bond acceptors (Lipinski definition) is 6. The second-order valence-corrected chi connectivity index (χ2v) is 8.70. The quantitative estimate of drug-likeness (QED) is 0.353. The molecule has 1 saturated heterocycles. The number of aromatic nitrogens is 3. The maximum Gasteiger partial charge on any atom is 0.387 e.